The molecule has 0 bridgehead atoms. The van der Waals surface area contributed by atoms with Crippen LogP contribution in [0.5, 0.6) is 0 Å². The highest BCUT2D eigenvalue weighted by Crippen LogP contribution is 2.15. The van der Waals surface area contributed by atoms with Crippen LogP contribution in [-0.4, -0.2) is 33.2 Å². The lowest BCUT2D eigenvalue weighted by molar-refractivity contribution is -0.139. The predicted octanol–water partition coefficient (Wildman–Crippen LogP) is 1.41. The Balaban J connectivity index is 2.35. The molecule has 5 heteroatoms. The Hall–Kier alpha value is -1.88. The number of nitrogens with one attached hydrogen (secondary N) is 1. The number of hydrogen-bond donors (Lipinski definition) is 2. The van der Waals surface area contributed by atoms with Gasteiger partial charge in [-0.15, -0.1) is 0 Å². The van der Waals surface area contributed by atoms with E-state index in [1.807, 2.05) is 42.7 Å². The lowest BCUT2D eigenvalue weighted by Crippen LogP contribution is -2.40. The van der Waals surface area contributed by atoms with Crippen molar-refractivity contribution in [2.45, 2.75) is 26.4 Å². The fourth-order valence-corrected chi connectivity index (χ4v) is 2.09. The lowest BCUT2D eigenvalue weighted by Gasteiger charge is -2.15. The van der Waals surface area contributed by atoms with Gasteiger partial charge in [0, 0.05) is 0 Å². The minimum absolute atomic E-state index is 0.384. The fourth-order valence-electron chi connectivity index (χ4n) is 2.09. The number of fused-ring (bicyclic) bond motifs is 1. The van der Waals surface area contributed by atoms with Gasteiger partial charge in [0.15, 0.2) is 0 Å². The number of carbonyl (C=O) groups is 1. The van der Waals surface area contributed by atoms with Crippen LogP contribution >= 0.6 is 0 Å². The summed E-state index contributed by atoms with van der Waals surface area (Å²) in [6, 6.07) is 7.16. The number of carboxylic acid groups (broad SMARTS) is 1. The van der Waals surface area contributed by atoms with Crippen LogP contribution in [0.2, 0.25) is 0 Å². The molecular formula is C13H17N3O2. The summed E-state index contributed by atoms with van der Waals surface area (Å²) in [5, 5.41) is 12.1. The third-order valence-corrected chi connectivity index (χ3v) is 2.96. The summed E-state index contributed by atoms with van der Waals surface area (Å²) < 4.78 is 1.94. The molecule has 2 N–H and O–H groups in total. The number of para-hydroxylation sites is 2. The Bertz CT molecular complexity index is 562. The number of carboxylic acids is 1. The van der Waals surface area contributed by atoms with Crippen LogP contribution in [-0.2, 0) is 11.3 Å². The molecule has 96 valence electrons. The maximum atomic E-state index is 11.2. The minimum Gasteiger partial charge on any atom is -0.480 e. The largest absolute Gasteiger partial charge is 0.480 e. The second-order valence-electron chi connectivity index (χ2n) is 4.21. The smallest absolute Gasteiger partial charge is 0.322 e. The van der Waals surface area contributed by atoms with Gasteiger partial charge in [0.1, 0.15) is 11.9 Å². The van der Waals surface area contributed by atoms with E-state index >= 15 is 0 Å². The van der Waals surface area contributed by atoms with Crippen molar-refractivity contribution in [2.75, 3.05) is 6.54 Å². The molecule has 1 atom stereocenters. The maximum Gasteiger partial charge on any atom is 0.322 e. The Morgan fingerprint density at radius 3 is 2.89 bits per heavy atom. The summed E-state index contributed by atoms with van der Waals surface area (Å²) in [6.45, 7) is 4.80. The average Bonchev–Trinajstić information content (AvgIpc) is 2.65. The third-order valence-electron chi connectivity index (χ3n) is 2.96. The first kappa shape index (κ1) is 12.6. The van der Waals surface area contributed by atoms with Crippen LogP contribution < -0.4 is 5.32 Å². The van der Waals surface area contributed by atoms with Crippen LogP contribution in [0.15, 0.2) is 24.3 Å². The molecule has 0 radical (unpaired) electrons. The fraction of sp³-hybridized carbons (Fsp3) is 0.385. The zero-order valence-electron chi connectivity index (χ0n) is 10.6. The van der Waals surface area contributed by atoms with E-state index in [2.05, 4.69) is 10.3 Å². The van der Waals surface area contributed by atoms with Crippen molar-refractivity contribution >= 4 is 17.0 Å². The standard InChI is InChI=1S/C13H17N3O2/c1-3-14-11(13(17)18)8-16-9(2)15-10-6-4-5-7-12(10)16/h4-7,11,14H,3,8H2,1-2H3,(H,17,18). The number of aliphatic carboxylic acids is 1. The van der Waals surface area contributed by atoms with Crippen LogP contribution in [0.4, 0.5) is 0 Å². The van der Waals surface area contributed by atoms with Crippen molar-refractivity contribution in [2.24, 2.45) is 0 Å². The molecule has 0 spiro atoms. The van der Waals surface area contributed by atoms with Crippen molar-refractivity contribution < 1.29 is 9.90 Å². The molecule has 0 aliphatic rings. The van der Waals surface area contributed by atoms with E-state index in [1.165, 1.54) is 0 Å². The van der Waals surface area contributed by atoms with E-state index < -0.39 is 12.0 Å². The van der Waals surface area contributed by atoms with E-state index in [1.54, 1.807) is 0 Å². The van der Waals surface area contributed by atoms with Crippen molar-refractivity contribution in [1.82, 2.24) is 14.9 Å². The summed E-state index contributed by atoms with van der Waals surface area (Å²) in [6.07, 6.45) is 0. The Labute approximate surface area is 105 Å². The van der Waals surface area contributed by atoms with Gasteiger partial charge in [0.2, 0.25) is 0 Å². The van der Waals surface area contributed by atoms with Gasteiger partial charge in [-0.25, -0.2) is 4.98 Å². The van der Waals surface area contributed by atoms with Gasteiger partial charge in [0.05, 0.1) is 17.6 Å². The molecule has 0 aliphatic carbocycles. The lowest BCUT2D eigenvalue weighted by atomic mass is 10.2. The Morgan fingerprint density at radius 1 is 1.50 bits per heavy atom. The summed E-state index contributed by atoms with van der Waals surface area (Å²) >= 11 is 0. The monoisotopic (exact) mass is 247 g/mol. The summed E-state index contributed by atoms with van der Waals surface area (Å²) in [5.41, 5.74) is 1.87. The molecule has 1 unspecified atom stereocenters. The highest BCUT2D eigenvalue weighted by Gasteiger charge is 2.18. The zero-order valence-corrected chi connectivity index (χ0v) is 10.6. The van der Waals surface area contributed by atoms with Crippen LogP contribution in [0.25, 0.3) is 11.0 Å². The molecule has 0 saturated heterocycles. The number of aryl methyl sites for hydroxylation is 1. The number of imidazole rings is 1. The highest BCUT2D eigenvalue weighted by molar-refractivity contribution is 5.77. The molecule has 0 amide bonds. The molecule has 1 heterocycles. The van der Waals surface area contributed by atoms with Crippen LogP contribution in [0.3, 0.4) is 0 Å². The van der Waals surface area contributed by atoms with E-state index in [9.17, 15) is 4.79 Å². The molecule has 0 saturated carbocycles. The van der Waals surface area contributed by atoms with E-state index in [0.717, 1.165) is 16.9 Å². The van der Waals surface area contributed by atoms with Crippen LogP contribution in [0, 0.1) is 6.92 Å². The zero-order chi connectivity index (χ0) is 13.1. The minimum atomic E-state index is -0.839. The number of likely N-dealkylation sites (N-methyl/N-ethyl adjacent to an activating group) is 1. The molecular weight excluding hydrogens is 230 g/mol. The van der Waals surface area contributed by atoms with Crippen molar-refractivity contribution in [1.29, 1.82) is 0 Å². The van der Waals surface area contributed by atoms with Gasteiger partial charge in [-0.05, 0) is 25.6 Å². The van der Waals surface area contributed by atoms with Gasteiger partial charge < -0.3 is 15.0 Å². The normalized spacial score (nSPS) is 12.8. The molecule has 2 aromatic rings. The SMILES string of the molecule is CCNC(Cn1c(C)nc2ccccc21)C(=O)O. The predicted molar refractivity (Wildman–Crippen MR) is 69.6 cm³/mol. The molecule has 0 aliphatic heterocycles. The maximum absolute atomic E-state index is 11.2. The van der Waals surface area contributed by atoms with E-state index in [-0.39, 0.29) is 0 Å². The molecule has 1 aromatic carbocycles. The van der Waals surface area contributed by atoms with Gasteiger partial charge in [-0.1, -0.05) is 19.1 Å². The first-order valence-corrected chi connectivity index (χ1v) is 6.01. The number of hydrogen-bond acceptors (Lipinski definition) is 3. The molecule has 18 heavy (non-hydrogen) atoms. The van der Waals surface area contributed by atoms with Crippen molar-refractivity contribution in [3.63, 3.8) is 0 Å². The quantitative estimate of drug-likeness (QED) is 0.838. The average molecular weight is 247 g/mol. The molecule has 0 fully saturated rings. The van der Waals surface area contributed by atoms with Gasteiger partial charge in [-0.2, -0.15) is 0 Å². The van der Waals surface area contributed by atoms with E-state index in [0.29, 0.717) is 13.1 Å². The Kier molecular flexibility index (Phi) is 3.62. The van der Waals surface area contributed by atoms with Crippen molar-refractivity contribution in [3.8, 4) is 0 Å². The van der Waals surface area contributed by atoms with Gasteiger partial charge in [-0.3, -0.25) is 4.79 Å². The second kappa shape index (κ2) is 5.18. The second-order valence-corrected chi connectivity index (χ2v) is 4.21. The Morgan fingerprint density at radius 2 is 2.22 bits per heavy atom. The number of rotatable bonds is 5. The number of nitrogens with zero attached hydrogens (tertiary/aromatic N) is 2. The van der Waals surface area contributed by atoms with E-state index in [4.69, 9.17) is 5.11 Å². The summed E-state index contributed by atoms with van der Waals surface area (Å²) in [7, 11) is 0. The molecule has 1 aromatic heterocycles. The number of benzene rings is 1. The first-order valence-electron chi connectivity index (χ1n) is 6.01. The third kappa shape index (κ3) is 2.36. The van der Waals surface area contributed by atoms with Crippen molar-refractivity contribution in [3.05, 3.63) is 30.1 Å². The summed E-state index contributed by atoms with van der Waals surface area (Å²) in [5.74, 6) is -0.00520. The topological polar surface area (TPSA) is 67.2 Å². The molecule has 5 nitrogen and oxygen atoms in total. The summed E-state index contributed by atoms with van der Waals surface area (Å²) in [4.78, 5) is 15.6. The van der Waals surface area contributed by atoms with Gasteiger partial charge in [0.25, 0.3) is 0 Å². The van der Waals surface area contributed by atoms with Crippen LogP contribution in [0.1, 0.15) is 12.7 Å². The highest BCUT2D eigenvalue weighted by atomic mass is 16.4. The number of aromatic nitrogens is 2. The van der Waals surface area contributed by atoms with Gasteiger partial charge >= 0.3 is 5.97 Å². The first-order chi connectivity index (χ1) is 8.63. The molecule has 2 rings (SSSR count).